The molecule has 4 fully saturated rings. The van der Waals surface area contributed by atoms with Gasteiger partial charge < -0.3 is 14.9 Å². The van der Waals surface area contributed by atoms with E-state index >= 15 is 0 Å². The van der Waals surface area contributed by atoms with Crippen LogP contribution in [0, 0.1) is 59.2 Å². The molecule has 0 aliphatic heterocycles. The van der Waals surface area contributed by atoms with Crippen molar-refractivity contribution in [3.8, 4) is 0 Å². The Morgan fingerprint density at radius 3 is 1.82 bits per heavy atom. The van der Waals surface area contributed by atoms with Crippen molar-refractivity contribution < 1.29 is 24.0 Å². The number of hydrogen-bond acceptors (Lipinski definition) is 3. The minimum Gasteiger partial charge on any atom is -0.390 e. The van der Waals surface area contributed by atoms with Crippen LogP contribution in [-0.2, 0) is 9.09 Å². The van der Waals surface area contributed by atoms with Gasteiger partial charge in [-0.2, -0.15) is 0 Å². The summed E-state index contributed by atoms with van der Waals surface area (Å²) in [6.07, 6.45) is 12.3. The van der Waals surface area contributed by atoms with Gasteiger partial charge in [0.1, 0.15) is 0 Å². The number of phosphoric acid groups is 1. The Morgan fingerprint density at radius 2 is 1.34 bits per heavy atom. The lowest BCUT2D eigenvalue weighted by Gasteiger charge is -2.70. The smallest absolute Gasteiger partial charge is 0.390 e. The Bertz CT molecular complexity index is 1420. The lowest BCUT2D eigenvalue weighted by atomic mass is 9.35. The summed E-state index contributed by atoms with van der Waals surface area (Å²) < 4.78 is 17.1. The molecule has 0 radical (unpaired) electrons. The molecule has 0 amide bonds. The van der Waals surface area contributed by atoms with Crippen molar-refractivity contribution in [2.45, 2.75) is 145 Å². The van der Waals surface area contributed by atoms with Crippen molar-refractivity contribution in [1.82, 2.24) is 0 Å². The molecular weight excluding hydrogens is 639 g/mol. The van der Waals surface area contributed by atoms with Gasteiger partial charge in [0.2, 0.25) is 0 Å². The van der Waals surface area contributed by atoms with Gasteiger partial charge in [-0.25, -0.2) is 4.57 Å². The number of fused-ring (bicyclic) bond motifs is 5. The largest absolute Gasteiger partial charge is 0.469 e. The standard InChI is InChI=1S/C30H53O5P.2C7H8/c1-20(2)10-9-16-30(8,31)22-13-18-28(6)21(22)11-12-24-27(5)17-15-25(35-36(32,33)34)26(3,4)23(27)14-19-29(24,28)7;2*1-7-5-3-2-4-6-7/h10,21-25,31H,9,11-19H2,1-8H3,(H2,32,33,34);2*2-6H,1H3/t21?,22?,23?,24?,25?,27-,28+,29+,30?;;/m0../s1. The van der Waals surface area contributed by atoms with Crippen LogP contribution in [0.25, 0.3) is 0 Å². The molecule has 6 rings (SSSR count). The molecule has 0 heterocycles. The van der Waals surface area contributed by atoms with Crippen molar-refractivity contribution in [3.05, 3.63) is 83.4 Å². The van der Waals surface area contributed by atoms with E-state index in [9.17, 15) is 19.5 Å². The van der Waals surface area contributed by atoms with Gasteiger partial charge in [0.25, 0.3) is 0 Å². The number of phosphoric ester groups is 1. The minimum atomic E-state index is -4.52. The number of allylic oxidation sites excluding steroid dienone is 2. The Morgan fingerprint density at radius 1 is 0.800 bits per heavy atom. The Labute approximate surface area is 305 Å². The molecule has 5 nitrogen and oxygen atoms in total. The Hall–Kier alpha value is -1.75. The predicted molar refractivity (Wildman–Crippen MR) is 208 cm³/mol. The molecule has 0 aromatic heterocycles. The molecule has 0 bridgehead atoms. The van der Waals surface area contributed by atoms with Crippen molar-refractivity contribution in [2.75, 3.05) is 0 Å². The zero-order valence-electron chi connectivity index (χ0n) is 32.9. The third kappa shape index (κ3) is 8.71. The van der Waals surface area contributed by atoms with E-state index < -0.39 is 19.5 Å². The molecule has 6 heteroatoms. The normalized spacial score (nSPS) is 35.3. The highest BCUT2D eigenvalue weighted by Gasteiger charge is 2.69. The monoisotopic (exact) mass is 708 g/mol. The predicted octanol–water partition coefficient (Wildman–Crippen LogP) is 11.6. The lowest BCUT2D eigenvalue weighted by molar-refractivity contribution is -0.223. The second-order valence-electron chi connectivity index (χ2n) is 18.2. The zero-order chi connectivity index (χ0) is 37.2. The maximum Gasteiger partial charge on any atom is 0.469 e. The second kappa shape index (κ2) is 15.7. The minimum absolute atomic E-state index is 0.142. The first-order valence-corrected chi connectivity index (χ1v) is 20.8. The molecule has 3 N–H and O–H groups in total. The van der Waals surface area contributed by atoms with Gasteiger partial charge in [-0.05, 0) is 144 Å². The summed E-state index contributed by atoms with van der Waals surface area (Å²) in [6, 6.07) is 20.5. The number of rotatable bonds is 6. The van der Waals surface area contributed by atoms with Crippen LogP contribution in [-0.4, -0.2) is 26.6 Å². The van der Waals surface area contributed by atoms with E-state index in [1.54, 1.807) is 0 Å². The first-order chi connectivity index (χ1) is 23.2. The topological polar surface area (TPSA) is 87.0 Å². The van der Waals surface area contributed by atoms with Crippen molar-refractivity contribution in [1.29, 1.82) is 0 Å². The van der Waals surface area contributed by atoms with Crippen LogP contribution in [0.15, 0.2) is 72.3 Å². The molecule has 0 spiro atoms. The summed E-state index contributed by atoms with van der Waals surface area (Å²) >= 11 is 0. The molecule has 50 heavy (non-hydrogen) atoms. The van der Waals surface area contributed by atoms with Crippen LogP contribution >= 0.6 is 7.82 Å². The third-order valence-electron chi connectivity index (χ3n) is 14.5. The molecule has 2 aromatic rings. The highest BCUT2D eigenvalue weighted by Crippen LogP contribution is 2.76. The summed E-state index contributed by atoms with van der Waals surface area (Å²) in [4.78, 5) is 19.1. The van der Waals surface area contributed by atoms with Crippen LogP contribution in [0.1, 0.15) is 131 Å². The maximum absolute atomic E-state index is 11.7. The van der Waals surface area contributed by atoms with Crippen molar-refractivity contribution in [3.63, 3.8) is 0 Å². The fourth-order valence-electron chi connectivity index (χ4n) is 11.7. The van der Waals surface area contributed by atoms with Gasteiger partial charge >= 0.3 is 7.82 Å². The fourth-order valence-corrected chi connectivity index (χ4v) is 12.4. The van der Waals surface area contributed by atoms with Gasteiger partial charge in [-0.1, -0.05) is 118 Å². The summed E-state index contributed by atoms with van der Waals surface area (Å²) in [6.45, 7) is 22.5. The number of aliphatic hydroxyl groups is 1. The first-order valence-electron chi connectivity index (χ1n) is 19.3. The second-order valence-corrected chi connectivity index (χ2v) is 19.4. The average molecular weight is 709 g/mol. The molecule has 4 saturated carbocycles. The van der Waals surface area contributed by atoms with E-state index in [0.717, 1.165) is 38.5 Å². The van der Waals surface area contributed by atoms with E-state index in [1.807, 2.05) is 36.4 Å². The molecule has 2 aromatic carbocycles. The molecule has 280 valence electrons. The molecule has 9 atom stereocenters. The molecular formula is C44H69O5P. The van der Waals surface area contributed by atoms with Crippen molar-refractivity contribution in [2.24, 2.45) is 45.3 Å². The number of benzene rings is 2. The van der Waals surface area contributed by atoms with Gasteiger partial charge in [-0.3, -0.25) is 4.52 Å². The van der Waals surface area contributed by atoms with Gasteiger partial charge in [0.15, 0.2) is 0 Å². The van der Waals surface area contributed by atoms with E-state index in [4.69, 9.17) is 4.52 Å². The van der Waals surface area contributed by atoms with E-state index in [0.29, 0.717) is 30.1 Å². The molecule has 6 unspecified atom stereocenters. The van der Waals surface area contributed by atoms with Crippen molar-refractivity contribution >= 4 is 7.82 Å². The van der Waals surface area contributed by atoms with Crippen LogP contribution < -0.4 is 0 Å². The lowest BCUT2D eigenvalue weighted by Crippen LogP contribution is -2.64. The maximum atomic E-state index is 11.7. The van der Waals surface area contributed by atoms with E-state index in [2.05, 4.69) is 99.6 Å². The summed E-state index contributed by atoms with van der Waals surface area (Å²) in [7, 11) is -4.52. The van der Waals surface area contributed by atoms with Crippen LogP contribution in [0.3, 0.4) is 0 Å². The summed E-state index contributed by atoms with van der Waals surface area (Å²) in [5, 5.41) is 11.7. The Kier molecular flexibility index (Phi) is 12.9. The van der Waals surface area contributed by atoms with Gasteiger partial charge in [-0.15, -0.1) is 0 Å². The fraction of sp³-hybridized carbons (Fsp3) is 0.682. The average Bonchev–Trinajstić information content (AvgIpc) is 3.38. The number of aryl methyl sites for hydroxylation is 2. The third-order valence-corrected chi connectivity index (χ3v) is 15.0. The van der Waals surface area contributed by atoms with E-state index in [1.165, 1.54) is 36.0 Å². The van der Waals surface area contributed by atoms with Crippen LogP contribution in [0.5, 0.6) is 0 Å². The SMILES string of the molecule is CC(C)=CCCC(C)(O)C1CC[C@]2(C)C1CCC1[C@@]3(C)CCC(OP(=O)(O)O)C(C)(C)C3CC[C@]12C.Cc1ccccc1.Cc1ccccc1. The summed E-state index contributed by atoms with van der Waals surface area (Å²) in [5.41, 5.74) is 3.65. The molecule has 4 aliphatic carbocycles. The Balaban J connectivity index is 0.000000330. The molecule has 4 aliphatic rings. The van der Waals surface area contributed by atoms with Gasteiger partial charge in [0, 0.05) is 0 Å². The molecule has 0 saturated heterocycles. The van der Waals surface area contributed by atoms with Crippen LogP contribution in [0.4, 0.5) is 0 Å². The summed E-state index contributed by atoms with van der Waals surface area (Å²) in [5.74, 6) is 1.90. The zero-order valence-corrected chi connectivity index (χ0v) is 33.8. The quantitative estimate of drug-likeness (QED) is 0.205. The van der Waals surface area contributed by atoms with Crippen LogP contribution in [0.2, 0.25) is 0 Å². The van der Waals surface area contributed by atoms with E-state index in [-0.39, 0.29) is 21.7 Å². The van der Waals surface area contributed by atoms with Gasteiger partial charge in [0.05, 0.1) is 11.7 Å². The highest BCUT2D eigenvalue weighted by atomic mass is 31.2. The number of hydrogen-bond donors (Lipinski definition) is 3. The first kappa shape index (κ1) is 41.0. The highest BCUT2D eigenvalue weighted by molar-refractivity contribution is 7.46.